The summed E-state index contributed by atoms with van der Waals surface area (Å²) in [7, 11) is 0. The number of aryl methyl sites for hydroxylation is 1. The lowest BCUT2D eigenvalue weighted by molar-refractivity contribution is -0.137. The highest BCUT2D eigenvalue weighted by molar-refractivity contribution is 6.40. The van der Waals surface area contributed by atoms with Crippen LogP contribution in [0.5, 0.6) is 11.5 Å². The molecule has 1 heterocycles. The van der Waals surface area contributed by atoms with Crippen LogP contribution in [-0.4, -0.2) is 31.6 Å². The molecule has 19 heavy (non-hydrogen) atoms. The minimum absolute atomic E-state index is 0.175. The van der Waals surface area contributed by atoms with E-state index in [-0.39, 0.29) is 12.2 Å². The molecule has 5 nitrogen and oxygen atoms in total. The van der Waals surface area contributed by atoms with Crippen LogP contribution in [0, 0.1) is 6.92 Å². The molecule has 0 saturated carbocycles. The van der Waals surface area contributed by atoms with Crippen LogP contribution in [0.3, 0.4) is 0 Å². The van der Waals surface area contributed by atoms with Crippen LogP contribution in [0.2, 0.25) is 0 Å². The lowest BCUT2D eigenvalue weighted by atomic mass is 10.1. The fourth-order valence-corrected chi connectivity index (χ4v) is 1.89. The first-order valence-corrected chi connectivity index (χ1v) is 6.25. The van der Waals surface area contributed by atoms with Crippen LogP contribution < -0.4 is 9.47 Å². The van der Waals surface area contributed by atoms with Crippen molar-refractivity contribution in [3.8, 4) is 11.5 Å². The minimum atomic E-state index is -0.851. The molecule has 0 fully saturated rings. The van der Waals surface area contributed by atoms with Crippen molar-refractivity contribution in [2.75, 3.05) is 19.8 Å². The van der Waals surface area contributed by atoms with Gasteiger partial charge in [0.05, 0.1) is 19.8 Å². The van der Waals surface area contributed by atoms with E-state index >= 15 is 0 Å². The molecule has 0 amide bonds. The van der Waals surface area contributed by atoms with Crippen LogP contribution in [0.4, 0.5) is 0 Å². The summed E-state index contributed by atoms with van der Waals surface area (Å²) in [6.07, 6.45) is 0.787. The molecule has 0 aromatic heterocycles. The molecule has 0 spiro atoms. The first-order valence-electron chi connectivity index (χ1n) is 6.25. The zero-order valence-corrected chi connectivity index (χ0v) is 11.0. The standard InChI is InChI=1S/C14H16O5/c1-3-17-14(16)12(15)10-7-9(2)13-11(8-10)18-5-4-6-19-13/h7-8H,3-6H2,1-2H3. The summed E-state index contributed by atoms with van der Waals surface area (Å²) in [6, 6.07) is 3.15. The van der Waals surface area contributed by atoms with Gasteiger partial charge in [-0.05, 0) is 31.5 Å². The van der Waals surface area contributed by atoms with Crippen LogP contribution in [0.1, 0.15) is 29.3 Å². The summed E-state index contributed by atoms with van der Waals surface area (Å²) >= 11 is 0. The first-order chi connectivity index (χ1) is 9.13. The maximum absolute atomic E-state index is 11.9. The number of carbonyl (C=O) groups is 2. The van der Waals surface area contributed by atoms with Gasteiger partial charge >= 0.3 is 5.97 Å². The van der Waals surface area contributed by atoms with Gasteiger partial charge in [-0.15, -0.1) is 0 Å². The summed E-state index contributed by atoms with van der Waals surface area (Å²) in [6.45, 7) is 4.76. The van der Waals surface area contributed by atoms with E-state index < -0.39 is 11.8 Å². The third-order valence-electron chi connectivity index (χ3n) is 2.76. The molecule has 5 heteroatoms. The van der Waals surface area contributed by atoms with Crippen molar-refractivity contribution in [2.45, 2.75) is 20.3 Å². The van der Waals surface area contributed by atoms with Gasteiger partial charge in [-0.2, -0.15) is 0 Å². The maximum atomic E-state index is 11.9. The van der Waals surface area contributed by atoms with Gasteiger partial charge in [0.2, 0.25) is 0 Å². The number of rotatable bonds is 3. The van der Waals surface area contributed by atoms with Crippen LogP contribution in [0.25, 0.3) is 0 Å². The predicted molar refractivity (Wildman–Crippen MR) is 67.7 cm³/mol. The number of ketones is 1. The second-order valence-electron chi connectivity index (χ2n) is 4.22. The van der Waals surface area contributed by atoms with Crippen molar-refractivity contribution >= 4 is 11.8 Å². The molecule has 1 aromatic carbocycles. The van der Waals surface area contributed by atoms with Crippen molar-refractivity contribution in [2.24, 2.45) is 0 Å². The Bertz CT molecular complexity index is 507. The van der Waals surface area contributed by atoms with E-state index in [2.05, 4.69) is 0 Å². The van der Waals surface area contributed by atoms with Crippen molar-refractivity contribution < 1.29 is 23.8 Å². The maximum Gasteiger partial charge on any atom is 0.379 e. The number of hydrogen-bond acceptors (Lipinski definition) is 5. The molecule has 0 bridgehead atoms. The second-order valence-corrected chi connectivity index (χ2v) is 4.22. The van der Waals surface area contributed by atoms with E-state index in [4.69, 9.17) is 14.2 Å². The van der Waals surface area contributed by atoms with Gasteiger partial charge in [-0.3, -0.25) is 4.79 Å². The summed E-state index contributed by atoms with van der Waals surface area (Å²) in [5.74, 6) is -0.375. The lowest BCUT2D eigenvalue weighted by Gasteiger charge is -2.11. The van der Waals surface area contributed by atoms with Crippen molar-refractivity contribution in [3.05, 3.63) is 23.3 Å². The molecule has 0 radical (unpaired) electrons. The Balaban J connectivity index is 2.33. The van der Waals surface area contributed by atoms with E-state index in [1.165, 1.54) is 6.07 Å². The molecule has 0 unspecified atom stereocenters. The van der Waals surface area contributed by atoms with E-state index in [1.807, 2.05) is 6.92 Å². The van der Waals surface area contributed by atoms with Gasteiger partial charge < -0.3 is 14.2 Å². The Labute approximate surface area is 111 Å². The van der Waals surface area contributed by atoms with Gasteiger partial charge in [-0.1, -0.05) is 0 Å². The Morgan fingerprint density at radius 3 is 2.74 bits per heavy atom. The highest BCUT2D eigenvalue weighted by atomic mass is 16.5. The number of carbonyl (C=O) groups excluding carboxylic acids is 2. The van der Waals surface area contributed by atoms with Crippen molar-refractivity contribution in [1.82, 2.24) is 0 Å². The first kappa shape index (κ1) is 13.4. The topological polar surface area (TPSA) is 61.8 Å². The number of esters is 1. The lowest BCUT2D eigenvalue weighted by Crippen LogP contribution is -2.17. The van der Waals surface area contributed by atoms with E-state index in [9.17, 15) is 9.59 Å². The second kappa shape index (κ2) is 5.73. The number of ether oxygens (including phenoxy) is 3. The summed E-state index contributed by atoms with van der Waals surface area (Å²) < 4.78 is 15.8. The summed E-state index contributed by atoms with van der Waals surface area (Å²) in [4.78, 5) is 23.3. The SMILES string of the molecule is CCOC(=O)C(=O)c1cc(C)c2c(c1)OCCCO2. The fraction of sp³-hybridized carbons (Fsp3) is 0.429. The monoisotopic (exact) mass is 264 g/mol. The van der Waals surface area contributed by atoms with Gasteiger partial charge in [0.15, 0.2) is 11.5 Å². The smallest absolute Gasteiger partial charge is 0.379 e. The molecule has 1 aliphatic rings. The molecular weight excluding hydrogens is 248 g/mol. The molecule has 102 valence electrons. The molecule has 0 aliphatic carbocycles. The quantitative estimate of drug-likeness (QED) is 0.474. The average molecular weight is 264 g/mol. The van der Waals surface area contributed by atoms with E-state index in [0.29, 0.717) is 24.7 Å². The molecule has 0 atom stereocenters. The predicted octanol–water partition coefficient (Wildman–Crippen LogP) is 1.90. The number of hydrogen-bond donors (Lipinski definition) is 0. The normalized spacial score (nSPS) is 13.6. The molecule has 0 N–H and O–H groups in total. The van der Waals surface area contributed by atoms with Gasteiger partial charge in [0.1, 0.15) is 0 Å². The fourth-order valence-electron chi connectivity index (χ4n) is 1.89. The van der Waals surface area contributed by atoms with E-state index in [0.717, 1.165) is 12.0 Å². The van der Waals surface area contributed by atoms with Crippen LogP contribution in [-0.2, 0) is 9.53 Å². The highest BCUT2D eigenvalue weighted by Crippen LogP contribution is 2.34. The third-order valence-corrected chi connectivity index (χ3v) is 2.76. The molecular formula is C14H16O5. The highest BCUT2D eigenvalue weighted by Gasteiger charge is 2.22. The number of benzene rings is 1. The summed E-state index contributed by atoms with van der Waals surface area (Å²) in [5.41, 5.74) is 1.03. The average Bonchev–Trinajstić information content (AvgIpc) is 2.63. The Morgan fingerprint density at radius 1 is 1.26 bits per heavy atom. The van der Waals surface area contributed by atoms with E-state index in [1.54, 1.807) is 13.0 Å². The zero-order valence-electron chi connectivity index (χ0n) is 11.0. The molecule has 1 aliphatic heterocycles. The summed E-state index contributed by atoms with van der Waals surface area (Å²) in [5, 5.41) is 0. The van der Waals surface area contributed by atoms with Gasteiger partial charge in [0, 0.05) is 12.0 Å². The third kappa shape index (κ3) is 2.86. The molecule has 2 rings (SSSR count). The molecule has 0 saturated heterocycles. The Kier molecular flexibility index (Phi) is 4.04. The van der Waals surface area contributed by atoms with Gasteiger partial charge in [0.25, 0.3) is 5.78 Å². The number of Topliss-reactive ketones (excluding diaryl/α,β-unsaturated/α-hetero) is 1. The number of fused-ring (bicyclic) bond motifs is 1. The largest absolute Gasteiger partial charge is 0.490 e. The Hall–Kier alpha value is -2.04. The van der Waals surface area contributed by atoms with Crippen LogP contribution in [0.15, 0.2) is 12.1 Å². The molecule has 1 aromatic rings. The minimum Gasteiger partial charge on any atom is -0.490 e. The van der Waals surface area contributed by atoms with Crippen molar-refractivity contribution in [3.63, 3.8) is 0 Å². The zero-order chi connectivity index (χ0) is 13.8. The van der Waals surface area contributed by atoms with Gasteiger partial charge in [-0.25, -0.2) is 4.79 Å². The van der Waals surface area contributed by atoms with Crippen LogP contribution >= 0.6 is 0 Å². The Morgan fingerprint density at radius 2 is 2.00 bits per heavy atom. The van der Waals surface area contributed by atoms with Crippen molar-refractivity contribution in [1.29, 1.82) is 0 Å².